The number of phenols is 1. The van der Waals surface area contributed by atoms with Crippen LogP contribution in [0.25, 0.3) is 21.7 Å². The van der Waals surface area contributed by atoms with Gasteiger partial charge in [-0.1, -0.05) is 42.3 Å². The van der Waals surface area contributed by atoms with Crippen LogP contribution in [0.3, 0.4) is 0 Å². The van der Waals surface area contributed by atoms with E-state index in [1.807, 2.05) is 36.5 Å². The fraction of sp³-hybridized carbons (Fsp3) is 0.300. The van der Waals surface area contributed by atoms with Gasteiger partial charge in [-0.3, -0.25) is 9.59 Å². The third kappa shape index (κ3) is 5.87. The van der Waals surface area contributed by atoms with E-state index in [9.17, 15) is 24.9 Å². The van der Waals surface area contributed by atoms with Crippen molar-refractivity contribution in [2.75, 3.05) is 20.3 Å². The minimum atomic E-state index is -1.56. The van der Waals surface area contributed by atoms with Gasteiger partial charge in [0.2, 0.25) is 6.29 Å². The number of nitrogens with one attached hydrogen (secondary N) is 1. The van der Waals surface area contributed by atoms with Crippen LogP contribution in [0, 0.1) is 19.0 Å². The third-order valence-electron chi connectivity index (χ3n) is 9.98. The van der Waals surface area contributed by atoms with Crippen molar-refractivity contribution in [2.45, 2.75) is 57.2 Å². The van der Waals surface area contributed by atoms with Gasteiger partial charge in [-0.05, 0) is 47.2 Å². The summed E-state index contributed by atoms with van der Waals surface area (Å²) >= 11 is 0. The maximum atomic E-state index is 13.9. The number of carbonyl (C=O) groups is 2. The summed E-state index contributed by atoms with van der Waals surface area (Å²) in [6.07, 6.45) is -2.01. The number of aliphatic hydroxyl groups is 2. The first-order valence-electron chi connectivity index (χ1n) is 16.9. The Morgan fingerprint density at radius 2 is 1.88 bits per heavy atom. The van der Waals surface area contributed by atoms with Crippen LogP contribution in [0.2, 0.25) is 0 Å². The molecule has 4 N–H and O–H groups in total. The summed E-state index contributed by atoms with van der Waals surface area (Å²) in [5, 5.41) is 36.4. The largest absolute Gasteiger partial charge is 0.506 e. The molecule has 5 atom stereocenters. The summed E-state index contributed by atoms with van der Waals surface area (Å²) in [4.78, 5) is 32.0. The number of Topliss-reactive ketones (excluding diaryl/α,β-unsaturated/α-hetero) is 1. The van der Waals surface area contributed by atoms with Crippen molar-refractivity contribution in [2.24, 2.45) is 0 Å². The van der Waals surface area contributed by atoms with E-state index in [1.165, 1.54) is 18.1 Å². The Balaban J connectivity index is 1.18. The standard InChI is InChI=1S/C40H36N2O10/c1-21-13-23-14-25(48-2)15-31-34(23)36(45)33(21)30(43)18-42-17-28-22(7-5-10-27(28)39(42)47)8-6-12-50-38-35(44)32(52-40(51-31)37(38)46)20-49-19-24-16-41-29-11-4-3-9-26(24)29/h3-5,7,9-11,13-16,32,35,37-38,40-41,44-46H,8,17-20H2,1-2H3/t32-,35-,37-,38+,40+/m1/s1. The van der Waals surface area contributed by atoms with Crippen LogP contribution < -0.4 is 9.47 Å². The summed E-state index contributed by atoms with van der Waals surface area (Å²) in [7, 11) is 1.47. The topological polar surface area (TPSA) is 160 Å². The lowest BCUT2D eigenvalue weighted by Gasteiger charge is -2.41. The number of amides is 1. The van der Waals surface area contributed by atoms with Gasteiger partial charge in [0.25, 0.3) is 5.91 Å². The summed E-state index contributed by atoms with van der Waals surface area (Å²) in [6, 6.07) is 18.0. The summed E-state index contributed by atoms with van der Waals surface area (Å²) < 4.78 is 29.9. The molecule has 0 radical (unpaired) electrons. The molecule has 266 valence electrons. The van der Waals surface area contributed by atoms with E-state index in [0.717, 1.165) is 27.6 Å². The van der Waals surface area contributed by atoms with E-state index in [1.54, 1.807) is 31.2 Å². The maximum absolute atomic E-state index is 13.9. The van der Waals surface area contributed by atoms with Crippen LogP contribution in [0.4, 0.5) is 0 Å². The Morgan fingerprint density at radius 1 is 1.04 bits per heavy atom. The Kier molecular flexibility index (Phi) is 8.72. The molecule has 0 aliphatic carbocycles. The van der Waals surface area contributed by atoms with Crippen molar-refractivity contribution in [3.63, 3.8) is 0 Å². The second-order valence-electron chi connectivity index (χ2n) is 13.2. The highest BCUT2D eigenvalue weighted by Crippen LogP contribution is 2.42. The quantitative estimate of drug-likeness (QED) is 0.196. The molecule has 1 saturated heterocycles. The Bertz CT molecular complexity index is 2290. The second kappa shape index (κ2) is 13.5. The van der Waals surface area contributed by atoms with Gasteiger partial charge >= 0.3 is 0 Å². The summed E-state index contributed by atoms with van der Waals surface area (Å²) in [5.74, 6) is 2.25. The van der Waals surface area contributed by atoms with Crippen LogP contribution in [0.5, 0.6) is 17.2 Å². The van der Waals surface area contributed by atoms with Gasteiger partial charge in [0.05, 0.1) is 37.8 Å². The number of benzene rings is 4. The first-order chi connectivity index (χ1) is 25.2. The number of H-pyrrole nitrogens is 1. The van der Waals surface area contributed by atoms with Crippen molar-refractivity contribution < 1.29 is 48.6 Å². The minimum absolute atomic E-state index is 0.0313. The predicted molar refractivity (Wildman–Crippen MR) is 188 cm³/mol. The van der Waals surface area contributed by atoms with Crippen molar-refractivity contribution in [3.8, 4) is 29.3 Å². The molecule has 8 rings (SSSR count). The van der Waals surface area contributed by atoms with Gasteiger partial charge in [-0.25, -0.2) is 0 Å². The number of rotatable bonds is 5. The number of phenolic OH excluding ortho intramolecular Hbond substituents is 1. The number of ketones is 1. The van der Waals surface area contributed by atoms with Gasteiger partial charge < -0.3 is 48.9 Å². The molecule has 12 nitrogen and oxygen atoms in total. The average Bonchev–Trinajstić information content (AvgIpc) is 3.69. The highest BCUT2D eigenvalue weighted by atomic mass is 16.7. The predicted octanol–water partition coefficient (Wildman–Crippen LogP) is 4.13. The number of hydrogen-bond acceptors (Lipinski definition) is 10. The van der Waals surface area contributed by atoms with Crippen LogP contribution in [-0.4, -0.2) is 87.9 Å². The summed E-state index contributed by atoms with van der Waals surface area (Å²) in [6.45, 7) is 1.74. The van der Waals surface area contributed by atoms with Gasteiger partial charge in [-0.15, -0.1) is 0 Å². The van der Waals surface area contributed by atoms with Gasteiger partial charge in [0.1, 0.15) is 35.6 Å². The molecule has 4 heterocycles. The molecule has 52 heavy (non-hydrogen) atoms. The molecule has 0 unspecified atom stereocenters. The number of aromatic hydroxyl groups is 1. The van der Waals surface area contributed by atoms with Crippen molar-refractivity contribution in [3.05, 3.63) is 100 Å². The molecule has 4 aromatic carbocycles. The highest BCUT2D eigenvalue weighted by Gasteiger charge is 2.48. The smallest absolute Gasteiger partial charge is 0.254 e. The van der Waals surface area contributed by atoms with E-state index in [-0.39, 0.29) is 61.1 Å². The number of nitrogens with zero attached hydrogens (tertiary/aromatic N) is 1. The van der Waals surface area contributed by atoms with Crippen molar-refractivity contribution in [1.29, 1.82) is 0 Å². The van der Waals surface area contributed by atoms with Gasteiger partial charge in [-0.2, -0.15) is 0 Å². The van der Waals surface area contributed by atoms with Gasteiger partial charge in [0.15, 0.2) is 18.0 Å². The van der Waals surface area contributed by atoms with Gasteiger partial charge in [0, 0.05) is 47.3 Å². The fourth-order valence-electron chi connectivity index (χ4n) is 7.34. The Labute approximate surface area is 298 Å². The SMILES string of the molecule is COc1cc2c3c(O)c(c(C)cc3c1)C(=O)CN1Cc3c(cccc3C1=O)CC#CO[C@@H]1[C@@H](O)[C@@H](O2)O[C@H](COCc2c[nH]c3ccccc23)[C@H]1O. The van der Waals surface area contributed by atoms with Crippen molar-refractivity contribution >= 4 is 33.4 Å². The number of aliphatic hydroxyl groups excluding tert-OH is 2. The first kappa shape index (κ1) is 33.6. The fourth-order valence-corrected chi connectivity index (χ4v) is 7.34. The Morgan fingerprint density at radius 3 is 2.73 bits per heavy atom. The molecular formula is C40H36N2O10. The van der Waals surface area contributed by atoms with Crippen LogP contribution >= 0.6 is 0 Å². The zero-order valence-corrected chi connectivity index (χ0v) is 28.4. The molecule has 1 aromatic heterocycles. The molecule has 5 aromatic rings. The molecule has 6 bridgehead atoms. The summed E-state index contributed by atoms with van der Waals surface area (Å²) in [5.41, 5.74) is 4.39. The number of methoxy groups -OCH3 is 1. The molecule has 1 amide bonds. The maximum Gasteiger partial charge on any atom is 0.254 e. The van der Waals surface area contributed by atoms with E-state index in [0.29, 0.717) is 22.3 Å². The third-order valence-corrected chi connectivity index (χ3v) is 9.98. The van der Waals surface area contributed by atoms with Crippen LogP contribution in [-0.2, 0) is 33.8 Å². The lowest BCUT2D eigenvalue weighted by atomic mass is 9.96. The molecule has 12 heteroatoms. The second-order valence-corrected chi connectivity index (χ2v) is 13.2. The number of para-hydroxylation sites is 1. The lowest BCUT2D eigenvalue weighted by molar-refractivity contribution is -0.279. The highest BCUT2D eigenvalue weighted by molar-refractivity contribution is 6.10. The average molecular weight is 705 g/mol. The van der Waals surface area contributed by atoms with E-state index in [2.05, 4.69) is 17.0 Å². The van der Waals surface area contributed by atoms with E-state index in [4.69, 9.17) is 23.7 Å². The monoisotopic (exact) mass is 704 g/mol. The number of fused-ring (bicyclic) bond motifs is 5. The van der Waals surface area contributed by atoms with E-state index < -0.39 is 36.5 Å². The molecule has 3 aliphatic rings. The van der Waals surface area contributed by atoms with E-state index >= 15 is 0 Å². The number of aromatic amines is 1. The van der Waals surface area contributed by atoms with Crippen LogP contribution in [0.15, 0.2) is 66.9 Å². The molecular weight excluding hydrogens is 668 g/mol. The number of aromatic nitrogens is 1. The number of carbonyl (C=O) groups excluding carboxylic acids is 2. The molecule has 1 fully saturated rings. The zero-order valence-electron chi connectivity index (χ0n) is 28.4. The van der Waals surface area contributed by atoms with Crippen molar-refractivity contribution in [1.82, 2.24) is 9.88 Å². The molecule has 3 aliphatic heterocycles. The van der Waals surface area contributed by atoms with Crippen LogP contribution in [0.1, 0.15) is 43.0 Å². The normalized spacial score (nSPS) is 22.8. The minimum Gasteiger partial charge on any atom is -0.506 e. The zero-order chi connectivity index (χ0) is 36.1. The number of ether oxygens (including phenoxy) is 5. The number of aryl methyl sites for hydroxylation is 1. The Hall–Kier alpha value is -5.58. The lowest BCUT2D eigenvalue weighted by Crippen LogP contribution is -2.60. The first-order valence-corrected chi connectivity index (χ1v) is 16.9. The molecule has 0 spiro atoms. The number of hydrogen-bond donors (Lipinski definition) is 4. The molecule has 0 saturated carbocycles.